The van der Waals surface area contributed by atoms with Crippen LogP contribution in [-0.2, 0) is 11.0 Å². The zero-order valence-electron chi connectivity index (χ0n) is 9.22. The molecule has 5 nitrogen and oxygen atoms in total. The number of likely N-dealkylation sites (tertiary alicyclic amines) is 1. The molecule has 0 radical (unpaired) electrons. The van der Waals surface area contributed by atoms with Gasteiger partial charge in [0, 0.05) is 25.4 Å². The van der Waals surface area contributed by atoms with E-state index in [1.165, 1.54) is 4.90 Å². The Morgan fingerprint density at radius 2 is 2.06 bits per heavy atom. The number of ether oxygens (including phenoxy) is 1. The van der Waals surface area contributed by atoms with E-state index in [0.717, 1.165) is 0 Å². The van der Waals surface area contributed by atoms with Crippen molar-refractivity contribution in [2.45, 2.75) is 18.7 Å². The van der Waals surface area contributed by atoms with Crippen LogP contribution >= 0.6 is 0 Å². The van der Waals surface area contributed by atoms with Gasteiger partial charge >= 0.3 is 12.2 Å². The molecule has 0 aromatic carbocycles. The SMILES string of the molecule is O=CN1CCC(Oc2ncc(C(F)(F)F)cn2)C1. The van der Waals surface area contributed by atoms with E-state index < -0.39 is 11.7 Å². The maximum Gasteiger partial charge on any atom is 0.419 e. The zero-order valence-corrected chi connectivity index (χ0v) is 9.22. The lowest BCUT2D eigenvalue weighted by Crippen LogP contribution is -2.24. The van der Waals surface area contributed by atoms with Crippen LogP contribution < -0.4 is 4.74 Å². The van der Waals surface area contributed by atoms with Crippen LogP contribution in [0.4, 0.5) is 13.2 Å². The van der Waals surface area contributed by atoms with Crippen molar-refractivity contribution in [2.24, 2.45) is 0 Å². The molecule has 0 bridgehead atoms. The number of hydrogen-bond donors (Lipinski definition) is 0. The molecule has 1 saturated heterocycles. The van der Waals surface area contributed by atoms with Crippen LogP contribution in [0.3, 0.4) is 0 Å². The maximum absolute atomic E-state index is 12.3. The molecule has 1 amide bonds. The van der Waals surface area contributed by atoms with E-state index in [1.807, 2.05) is 0 Å². The molecule has 1 aliphatic heterocycles. The first kappa shape index (κ1) is 12.6. The van der Waals surface area contributed by atoms with Crippen LogP contribution in [-0.4, -0.2) is 40.5 Å². The number of rotatable bonds is 3. The summed E-state index contributed by atoms with van der Waals surface area (Å²) in [5.41, 5.74) is -0.921. The molecule has 2 heterocycles. The third-order valence-electron chi connectivity index (χ3n) is 2.55. The van der Waals surface area contributed by atoms with Gasteiger partial charge in [0.05, 0.1) is 12.1 Å². The van der Waals surface area contributed by atoms with E-state index in [9.17, 15) is 18.0 Å². The fraction of sp³-hybridized carbons (Fsp3) is 0.500. The highest BCUT2D eigenvalue weighted by molar-refractivity contribution is 5.47. The fourth-order valence-electron chi connectivity index (χ4n) is 1.62. The first-order valence-corrected chi connectivity index (χ1v) is 5.24. The quantitative estimate of drug-likeness (QED) is 0.765. The summed E-state index contributed by atoms with van der Waals surface area (Å²) in [6.45, 7) is 0.961. The number of amides is 1. The van der Waals surface area contributed by atoms with Crippen LogP contribution in [0.5, 0.6) is 6.01 Å². The maximum atomic E-state index is 12.3. The predicted octanol–water partition coefficient (Wildman–Crippen LogP) is 1.10. The molecule has 18 heavy (non-hydrogen) atoms. The van der Waals surface area contributed by atoms with E-state index in [0.29, 0.717) is 38.3 Å². The van der Waals surface area contributed by atoms with E-state index in [4.69, 9.17) is 4.74 Å². The molecule has 2 rings (SSSR count). The summed E-state index contributed by atoms with van der Waals surface area (Å²) in [5.74, 6) is 0. The van der Waals surface area contributed by atoms with Crippen molar-refractivity contribution in [1.29, 1.82) is 0 Å². The summed E-state index contributed by atoms with van der Waals surface area (Å²) < 4.78 is 42.1. The number of halogens is 3. The molecule has 1 fully saturated rings. The Balaban J connectivity index is 1.97. The lowest BCUT2D eigenvalue weighted by atomic mass is 10.3. The summed E-state index contributed by atoms with van der Waals surface area (Å²) in [6, 6.07) is -0.110. The van der Waals surface area contributed by atoms with E-state index in [1.54, 1.807) is 0 Å². The number of hydrogen-bond acceptors (Lipinski definition) is 4. The van der Waals surface area contributed by atoms with Gasteiger partial charge in [0.25, 0.3) is 0 Å². The van der Waals surface area contributed by atoms with Crippen LogP contribution in [0.1, 0.15) is 12.0 Å². The highest BCUT2D eigenvalue weighted by Gasteiger charge is 2.31. The number of carbonyl (C=O) groups is 1. The van der Waals surface area contributed by atoms with Gasteiger partial charge in [-0.25, -0.2) is 9.97 Å². The lowest BCUT2D eigenvalue weighted by molar-refractivity contribution is -0.138. The van der Waals surface area contributed by atoms with Crippen molar-refractivity contribution < 1.29 is 22.7 Å². The Kier molecular flexibility index (Phi) is 3.35. The molecule has 0 spiro atoms. The molecule has 1 atom stereocenters. The molecule has 0 N–H and O–H groups in total. The molecule has 1 aliphatic rings. The number of alkyl halides is 3. The summed E-state index contributed by atoms with van der Waals surface area (Å²) in [6.07, 6.45) is -2.06. The molecule has 0 saturated carbocycles. The van der Waals surface area contributed by atoms with Crippen molar-refractivity contribution in [3.63, 3.8) is 0 Å². The van der Waals surface area contributed by atoms with Gasteiger partial charge in [-0.05, 0) is 0 Å². The van der Waals surface area contributed by atoms with Crippen molar-refractivity contribution in [3.05, 3.63) is 18.0 Å². The molecular weight excluding hydrogens is 251 g/mol. The van der Waals surface area contributed by atoms with Gasteiger partial charge in [-0.15, -0.1) is 0 Å². The summed E-state index contributed by atoms with van der Waals surface area (Å²) >= 11 is 0. The van der Waals surface area contributed by atoms with Crippen LogP contribution in [0.25, 0.3) is 0 Å². The average Bonchev–Trinajstić information content (AvgIpc) is 2.76. The third kappa shape index (κ3) is 2.88. The van der Waals surface area contributed by atoms with Gasteiger partial charge in [0.1, 0.15) is 6.10 Å². The molecule has 1 aromatic heterocycles. The number of aromatic nitrogens is 2. The molecule has 1 unspecified atom stereocenters. The normalized spacial score (nSPS) is 19.9. The van der Waals surface area contributed by atoms with Crippen LogP contribution in [0.2, 0.25) is 0 Å². The topological polar surface area (TPSA) is 55.3 Å². The Bertz CT molecular complexity index is 421. The number of carbonyl (C=O) groups excluding carboxylic acids is 1. The smallest absolute Gasteiger partial charge is 0.419 e. The zero-order chi connectivity index (χ0) is 13.2. The van der Waals surface area contributed by atoms with E-state index in [-0.39, 0.29) is 12.1 Å². The second-order valence-electron chi connectivity index (χ2n) is 3.88. The van der Waals surface area contributed by atoms with Crippen molar-refractivity contribution in [1.82, 2.24) is 14.9 Å². The second kappa shape index (κ2) is 4.79. The molecule has 8 heteroatoms. The van der Waals surface area contributed by atoms with Crippen molar-refractivity contribution in [2.75, 3.05) is 13.1 Å². The van der Waals surface area contributed by atoms with Gasteiger partial charge in [-0.1, -0.05) is 0 Å². The Morgan fingerprint density at radius 1 is 1.39 bits per heavy atom. The minimum atomic E-state index is -4.46. The lowest BCUT2D eigenvalue weighted by Gasteiger charge is -2.12. The first-order chi connectivity index (χ1) is 8.49. The van der Waals surface area contributed by atoms with Gasteiger partial charge in [-0.3, -0.25) is 4.79 Å². The van der Waals surface area contributed by atoms with Gasteiger partial charge < -0.3 is 9.64 Å². The van der Waals surface area contributed by atoms with E-state index in [2.05, 4.69) is 9.97 Å². The standard InChI is InChI=1S/C10H10F3N3O2/c11-10(12,13)7-3-14-9(15-4-7)18-8-1-2-16(5-8)6-17/h3-4,6,8H,1-2,5H2. The Morgan fingerprint density at radius 3 is 2.56 bits per heavy atom. The third-order valence-corrected chi connectivity index (χ3v) is 2.55. The average molecular weight is 261 g/mol. The molecular formula is C10H10F3N3O2. The monoisotopic (exact) mass is 261 g/mol. The van der Waals surface area contributed by atoms with Gasteiger partial charge in [0.15, 0.2) is 0 Å². The summed E-state index contributed by atoms with van der Waals surface area (Å²) in [5, 5.41) is 0. The molecule has 98 valence electrons. The molecule has 0 aliphatic carbocycles. The highest BCUT2D eigenvalue weighted by Crippen LogP contribution is 2.28. The highest BCUT2D eigenvalue weighted by atomic mass is 19.4. The van der Waals surface area contributed by atoms with Gasteiger partial charge in [0.2, 0.25) is 6.41 Å². The minimum Gasteiger partial charge on any atom is -0.458 e. The minimum absolute atomic E-state index is 0.110. The van der Waals surface area contributed by atoms with Crippen LogP contribution in [0, 0.1) is 0 Å². The Labute approximate surface area is 101 Å². The van der Waals surface area contributed by atoms with Crippen LogP contribution in [0.15, 0.2) is 12.4 Å². The van der Waals surface area contributed by atoms with Crippen molar-refractivity contribution in [3.8, 4) is 6.01 Å². The van der Waals surface area contributed by atoms with Crippen molar-refractivity contribution >= 4 is 6.41 Å². The fourth-order valence-corrected chi connectivity index (χ4v) is 1.62. The summed E-state index contributed by atoms with van der Waals surface area (Å²) in [7, 11) is 0. The Hall–Kier alpha value is -1.86. The summed E-state index contributed by atoms with van der Waals surface area (Å²) in [4.78, 5) is 19.0. The first-order valence-electron chi connectivity index (χ1n) is 5.24. The van der Waals surface area contributed by atoms with Gasteiger partial charge in [-0.2, -0.15) is 13.2 Å². The largest absolute Gasteiger partial charge is 0.458 e. The van der Waals surface area contributed by atoms with E-state index >= 15 is 0 Å². The molecule has 1 aromatic rings. The number of nitrogens with zero attached hydrogens (tertiary/aromatic N) is 3. The second-order valence-corrected chi connectivity index (χ2v) is 3.88. The predicted molar refractivity (Wildman–Crippen MR) is 53.7 cm³/mol.